The van der Waals surface area contributed by atoms with Gasteiger partial charge in [0.1, 0.15) is 5.84 Å². The highest BCUT2D eigenvalue weighted by Gasteiger charge is 2.36. The van der Waals surface area contributed by atoms with Crippen LogP contribution in [0.5, 0.6) is 0 Å². The van der Waals surface area contributed by atoms with Gasteiger partial charge >= 0.3 is 6.03 Å². The number of amidine groups is 1. The Labute approximate surface area is 106 Å². The van der Waals surface area contributed by atoms with Crippen molar-refractivity contribution in [2.45, 2.75) is 25.8 Å². The van der Waals surface area contributed by atoms with Crippen LogP contribution in [0.3, 0.4) is 0 Å². The first-order valence-corrected chi connectivity index (χ1v) is 6.01. The molecule has 7 nitrogen and oxygen atoms in total. The molecule has 0 aliphatic carbocycles. The van der Waals surface area contributed by atoms with Gasteiger partial charge in [0.25, 0.3) is 0 Å². The summed E-state index contributed by atoms with van der Waals surface area (Å²) >= 11 is 0. The minimum atomic E-state index is -0.510. The van der Waals surface area contributed by atoms with E-state index in [0.29, 0.717) is 19.7 Å². The lowest BCUT2D eigenvalue weighted by molar-refractivity contribution is -0.121. The highest BCUT2D eigenvalue weighted by molar-refractivity contribution is 6.07. The van der Waals surface area contributed by atoms with Crippen LogP contribution < -0.4 is 10.6 Å². The topological polar surface area (TPSA) is 94.5 Å². The normalized spacial score (nSPS) is 19.0. The van der Waals surface area contributed by atoms with Crippen molar-refractivity contribution in [1.82, 2.24) is 15.5 Å². The van der Waals surface area contributed by atoms with Crippen LogP contribution in [0.4, 0.5) is 4.79 Å². The summed E-state index contributed by atoms with van der Waals surface area (Å²) in [5.74, 6) is -0.0757. The van der Waals surface area contributed by atoms with E-state index in [1.165, 1.54) is 4.90 Å². The van der Waals surface area contributed by atoms with Crippen LogP contribution in [-0.4, -0.2) is 55.5 Å². The number of amides is 3. The second kappa shape index (κ2) is 6.95. The molecule has 1 rings (SSSR count). The fourth-order valence-corrected chi connectivity index (χ4v) is 1.74. The molecule has 1 fully saturated rings. The molecule has 1 saturated heterocycles. The van der Waals surface area contributed by atoms with Crippen molar-refractivity contribution in [1.29, 1.82) is 5.41 Å². The third-order valence-electron chi connectivity index (χ3n) is 2.70. The fourth-order valence-electron chi connectivity index (χ4n) is 1.74. The molecule has 0 aromatic rings. The first-order valence-electron chi connectivity index (χ1n) is 6.01. The number of carbonyl (C=O) groups excluding carboxylic acids is 2. The van der Waals surface area contributed by atoms with Crippen LogP contribution in [-0.2, 0) is 9.53 Å². The summed E-state index contributed by atoms with van der Waals surface area (Å²) < 4.78 is 4.91. The van der Waals surface area contributed by atoms with Gasteiger partial charge in [-0.2, -0.15) is 0 Å². The molecule has 102 valence electrons. The Morgan fingerprint density at radius 2 is 2.33 bits per heavy atom. The maximum absolute atomic E-state index is 11.6. The van der Waals surface area contributed by atoms with Gasteiger partial charge in [-0.05, 0) is 6.42 Å². The molecule has 0 spiro atoms. The van der Waals surface area contributed by atoms with Crippen LogP contribution in [0.1, 0.15) is 19.8 Å². The van der Waals surface area contributed by atoms with E-state index < -0.39 is 6.04 Å². The largest absolute Gasteiger partial charge is 0.383 e. The maximum Gasteiger partial charge on any atom is 0.323 e. The van der Waals surface area contributed by atoms with E-state index in [0.717, 1.165) is 6.42 Å². The number of hydrogen-bond donors (Lipinski definition) is 3. The highest BCUT2D eigenvalue weighted by atomic mass is 16.5. The number of urea groups is 1. The number of methoxy groups -OCH3 is 1. The molecule has 0 aromatic heterocycles. The monoisotopic (exact) mass is 256 g/mol. The average molecular weight is 256 g/mol. The van der Waals surface area contributed by atoms with E-state index in [1.54, 1.807) is 7.11 Å². The van der Waals surface area contributed by atoms with Gasteiger partial charge in [-0.25, -0.2) is 4.79 Å². The molecule has 1 aliphatic heterocycles. The minimum absolute atomic E-state index is 0.0720. The quantitative estimate of drug-likeness (QED) is 0.594. The zero-order valence-corrected chi connectivity index (χ0v) is 10.8. The van der Waals surface area contributed by atoms with E-state index in [9.17, 15) is 9.59 Å². The van der Waals surface area contributed by atoms with Crippen molar-refractivity contribution < 1.29 is 14.3 Å². The Balaban J connectivity index is 2.56. The van der Waals surface area contributed by atoms with E-state index >= 15 is 0 Å². The molecular formula is C11H20N4O3. The number of hydrogen-bond acceptors (Lipinski definition) is 4. The number of ether oxygens (including phenoxy) is 1. The SMILES string of the molecule is CCCNC(=O)CC1C(=N)NC(=O)N1CCOC. The zero-order valence-electron chi connectivity index (χ0n) is 10.8. The molecular weight excluding hydrogens is 236 g/mol. The molecule has 0 radical (unpaired) electrons. The van der Waals surface area contributed by atoms with Crippen LogP contribution in [0.2, 0.25) is 0 Å². The summed E-state index contributed by atoms with van der Waals surface area (Å²) in [6.45, 7) is 3.33. The van der Waals surface area contributed by atoms with Crippen molar-refractivity contribution in [3.8, 4) is 0 Å². The molecule has 1 atom stereocenters. The Kier molecular flexibility index (Phi) is 5.57. The average Bonchev–Trinajstić information content (AvgIpc) is 2.59. The number of rotatable bonds is 7. The van der Waals surface area contributed by atoms with E-state index in [2.05, 4.69) is 10.6 Å². The summed E-state index contributed by atoms with van der Waals surface area (Å²) in [7, 11) is 1.54. The van der Waals surface area contributed by atoms with Crippen LogP contribution in [0.15, 0.2) is 0 Å². The van der Waals surface area contributed by atoms with Crippen LogP contribution in [0.25, 0.3) is 0 Å². The highest BCUT2D eigenvalue weighted by Crippen LogP contribution is 2.12. The second-order valence-corrected chi connectivity index (χ2v) is 4.10. The van der Waals surface area contributed by atoms with E-state index in [4.69, 9.17) is 10.1 Å². The summed E-state index contributed by atoms with van der Waals surface area (Å²) in [6.07, 6.45) is 0.972. The van der Waals surface area contributed by atoms with E-state index in [1.807, 2.05) is 6.92 Å². The molecule has 18 heavy (non-hydrogen) atoms. The van der Waals surface area contributed by atoms with Crippen molar-refractivity contribution in [3.63, 3.8) is 0 Å². The lowest BCUT2D eigenvalue weighted by Gasteiger charge is -2.21. The standard InChI is InChI=1S/C11H20N4O3/c1-3-4-13-9(16)7-8-10(12)14-11(17)15(8)5-6-18-2/h8H,3-7H2,1-2H3,(H,13,16)(H2,12,14,17). The molecule has 0 bridgehead atoms. The third kappa shape index (κ3) is 3.69. The maximum atomic E-state index is 11.6. The lowest BCUT2D eigenvalue weighted by atomic mass is 10.1. The fraction of sp³-hybridized carbons (Fsp3) is 0.727. The van der Waals surface area contributed by atoms with Crippen LogP contribution in [0, 0.1) is 5.41 Å². The summed E-state index contributed by atoms with van der Waals surface area (Å²) in [5, 5.41) is 12.8. The van der Waals surface area contributed by atoms with Gasteiger partial charge in [0.05, 0.1) is 19.1 Å². The minimum Gasteiger partial charge on any atom is -0.383 e. The van der Waals surface area contributed by atoms with Crippen LogP contribution >= 0.6 is 0 Å². The van der Waals surface area contributed by atoms with Crippen molar-refractivity contribution in [2.75, 3.05) is 26.8 Å². The molecule has 3 N–H and O–H groups in total. The lowest BCUT2D eigenvalue weighted by Crippen LogP contribution is -2.41. The first kappa shape index (κ1) is 14.4. The zero-order chi connectivity index (χ0) is 13.5. The molecule has 1 unspecified atom stereocenters. The molecule has 3 amide bonds. The van der Waals surface area contributed by atoms with Gasteiger partial charge in [0.2, 0.25) is 5.91 Å². The molecule has 0 saturated carbocycles. The predicted octanol–water partition coefficient (Wildman–Crippen LogP) is -0.0798. The number of nitrogens with one attached hydrogen (secondary N) is 3. The second-order valence-electron chi connectivity index (χ2n) is 4.10. The van der Waals surface area contributed by atoms with Crippen molar-refractivity contribution >= 4 is 17.8 Å². The van der Waals surface area contributed by atoms with Gasteiger partial charge < -0.3 is 15.0 Å². The molecule has 1 aliphatic rings. The van der Waals surface area contributed by atoms with Crippen molar-refractivity contribution in [3.05, 3.63) is 0 Å². The summed E-state index contributed by atoms with van der Waals surface area (Å²) in [4.78, 5) is 24.7. The number of carbonyl (C=O) groups is 2. The summed E-state index contributed by atoms with van der Waals surface area (Å²) in [6, 6.07) is -0.852. The van der Waals surface area contributed by atoms with Gasteiger partial charge in [0, 0.05) is 20.2 Å². The molecule has 0 aromatic carbocycles. The van der Waals surface area contributed by atoms with Crippen molar-refractivity contribution in [2.24, 2.45) is 0 Å². The summed E-state index contributed by atoms with van der Waals surface area (Å²) in [5.41, 5.74) is 0. The Morgan fingerprint density at radius 3 is 2.94 bits per heavy atom. The Morgan fingerprint density at radius 1 is 1.61 bits per heavy atom. The smallest absolute Gasteiger partial charge is 0.323 e. The first-order chi connectivity index (χ1) is 8.60. The Hall–Kier alpha value is -1.63. The van der Waals surface area contributed by atoms with Gasteiger partial charge in [0.15, 0.2) is 0 Å². The van der Waals surface area contributed by atoms with E-state index in [-0.39, 0.29) is 24.2 Å². The number of nitrogens with zero attached hydrogens (tertiary/aromatic N) is 1. The molecule has 7 heteroatoms. The van der Waals surface area contributed by atoms with Gasteiger partial charge in [-0.1, -0.05) is 6.92 Å². The van der Waals surface area contributed by atoms with Gasteiger partial charge in [-0.15, -0.1) is 0 Å². The third-order valence-corrected chi connectivity index (χ3v) is 2.70. The Bertz CT molecular complexity index is 332. The molecule has 1 heterocycles. The van der Waals surface area contributed by atoms with Gasteiger partial charge in [-0.3, -0.25) is 15.5 Å². The predicted molar refractivity (Wildman–Crippen MR) is 66.5 cm³/mol.